The Morgan fingerprint density at radius 2 is 1.97 bits per heavy atom. The Balaban J connectivity index is 1.38. The van der Waals surface area contributed by atoms with E-state index >= 15 is 0 Å². The third kappa shape index (κ3) is 4.29. The van der Waals surface area contributed by atoms with Gasteiger partial charge in [0.2, 0.25) is 0 Å². The van der Waals surface area contributed by atoms with E-state index in [1.54, 1.807) is 12.1 Å². The Labute approximate surface area is 202 Å². The molecule has 0 N–H and O–H groups in total. The third-order valence-electron chi connectivity index (χ3n) is 6.85. The van der Waals surface area contributed by atoms with Gasteiger partial charge in [-0.05, 0) is 60.4 Å². The van der Waals surface area contributed by atoms with Crippen molar-refractivity contribution in [3.63, 3.8) is 0 Å². The predicted octanol–water partition coefficient (Wildman–Crippen LogP) is 4.27. The molecule has 2 aliphatic rings. The molecule has 1 unspecified atom stereocenters. The lowest BCUT2D eigenvalue weighted by molar-refractivity contribution is -0.108. The summed E-state index contributed by atoms with van der Waals surface area (Å²) in [5.74, 6) is -0.307. The number of nitriles is 1. The monoisotopic (exact) mass is 475 g/mol. The zero-order valence-corrected chi connectivity index (χ0v) is 19.9. The summed E-state index contributed by atoms with van der Waals surface area (Å²) in [6, 6.07) is 15.3. The lowest BCUT2D eigenvalue weighted by Gasteiger charge is -2.35. The third-order valence-corrected chi connectivity index (χ3v) is 7.90. The van der Waals surface area contributed by atoms with Crippen molar-refractivity contribution in [1.82, 2.24) is 9.88 Å². The molecule has 0 amide bonds. The van der Waals surface area contributed by atoms with Gasteiger partial charge in [0.05, 0.1) is 12.6 Å². The Morgan fingerprint density at radius 1 is 1.21 bits per heavy atom. The second kappa shape index (κ2) is 9.53. The first kappa shape index (κ1) is 22.5. The van der Waals surface area contributed by atoms with Crippen LogP contribution in [-0.4, -0.2) is 55.9 Å². The van der Waals surface area contributed by atoms with Gasteiger partial charge in [0.1, 0.15) is 28.7 Å². The molecule has 174 valence electrons. The average Bonchev–Trinajstić information content (AvgIpc) is 3.49. The number of hydrogen-bond donors (Lipinski definition) is 0. The Kier molecular flexibility index (Phi) is 6.31. The Hall–Kier alpha value is -3.28. The van der Waals surface area contributed by atoms with Crippen molar-refractivity contribution < 1.29 is 9.18 Å². The molecule has 2 heterocycles. The summed E-state index contributed by atoms with van der Waals surface area (Å²) < 4.78 is 13.4. The number of carbonyl (C=O) groups excluding carboxylic acids is 1. The van der Waals surface area contributed by atoms with Gasteiger partial charge in [-0.25, -0.2) is 9.37 Å². The molecule has 1 aliphatic heterocycles. The van der Waals surface area contributed by atoms with Crippen LogP contribution >= 0.6 is 11.3 Å². The zero-order valence-electron chi connectivity index (χ0n) is 19.1. The lowest BCUT2D eigenvalue weighted by Crippen LogP contribution is -2.46. The summed E-state index contributed by atoms with van der Waals surface area (Å²) in [5, 5.41) is 10.5. The van der Waals surface area contributed by atoms with Gasteiger partial charge < -0.3 is 14.6 Å². The summed E-state index contributed by atoms with van der Waals surface area (Å²) in [7, 11) is 2.04. The van der Waals surface area contributed by atoms with Crippen LogP contribution in [0.5, 0.6) is 0 Å². The van der Waals surface area contributed by atoms with E-state index in [-0.39, 0.29) is 11.9 Å². The number of aromatic nitrogens is 1. The first-order valence-corrected chi connectivity index (χ1v) is 12.3. The highest BCUT2D eigenvalue weighted by molar-refractivity contribution is 7.16. The van der Waals surface area contributed by atoms with Crippen LogP contribution < -0.4 is 9.80 Å². The molecule has 1 saturated heterocycles. The number of benzene rings is 2. The van der Waals surface area contributed by atoms with E-state index in [1.165, 1.54) is 40.3 Å². The smallest absolute Gasteiger partial charge is 0.187 e. The Morgan fingerprint density at radius 3 is 2.68 bits per heavy atom. The molecule has 6 nitrogen and oxygen atoms in total. The molecular weight excluding hydrogens is 449 g/mol. The van der Waals surface area contributed by atoms with Gasteiger partial charge in [-0.1, -0.05) is 17.4 Å². The summed E-state index contributed by atoms with van der Waals surface area (Å²) in [4.78, 5) is 22.9. The molecule has 1 aromatic heterocycles. The van der Waals surface area contributed by atoms with Gasteiger partial charge in [-0.2, -0.15) is 5.26 Å². The van der Waals surface area contributed by atoms with E-state index in [2.05, 4.69) is 39.0 Å². The molecule has 0 radical (unpaired) electrons. The van der Waals surface area contributed by atoms with Crippen LogP contribution in [-0.2, 0) is 11.2 Å². The summed E-state index contributed by atoms with van der Waals surface area (Å²) in [6.45, 7) is 4.10. The minimum absolute atomic E-state index is 0.185. The van der Waals surface area contributed by atoms with Crippen LogP contribution in [0.4, 0.5) is 15.2 Å². The molecular formula is C26H26FN5OS. The maximum Gasteiger partial charge on any atom is 0.187 e. The average molecular weight is 476 g/mol. The van der Waals surface area contributed by atoms with Gasteiger partial charge >= 0.3 is 0 Å². The standard InChI is InChI=1S/C26H26FN5OS/c1-30(26-29-25(24(17-28)34-26)19-2-6-20(27)7-3-19)23-9-5-18-4-8-21(16-22(18)23)32-12-10-31(11-13-32)14-15-33/h2-4,6-8,15-16,23H,5,9-14H2,1H3. The summed E-state index contributed by atoms with van der Waals surface area (Å²) >= 11 is 1.38. The topological polar surface area (TPSA) is 63.5 Å². The number of hydrogen-bond acceptors (Lipinski definition) is 7. The van der Waals surface area contributed by atoms with Crippen molar-refractivity contribution >= 4 is 28.4 Å². The maximum absolute atomic E-state index is 13.4. The van der Waals surface area contributed by atoms with E-state index in [0.29, 0.717) is 17.1 Å². The number of nitrogens with zero attached hydrogens (tertiary/aromatic N) is 5. The number of fused-ring (bicyclic) bond motifs is 1. The van der Waals surface area contributed by atoms with Crippen molar-refractivity contribution in [1.29, 1.82) is 5.26 Å². The highest BCUT2D eigenvalue weighted by Gasteiger charge is 2.30. The molecule has 0 bridgehead atoms. The zero-order chi connectivity index (χ0) is 23.7. The molecule has 1 fully saturated rings. The van der Waals surface area contributed by atoms with Gasteiger partial charge in [0.15, 0.2) is 5.13 Å². The summed E-state index contributed by atoms with van der Waals surface area (Å²) in [6.07, 6.45) is 2.98. The first-order valence-electron chi connectivity index (χ1n) is 11.5. The predicted molar refractivity (Wildman–Crippen MR) is 133 cm³/mol. The van der Waals surface area contributed by atoms with E-state index in [0.717, 1.165) is 56.0 Å². The molecule has 8 heteroatoms. The van der Waals surface area contributed by atoms with Crippen LogP contribution in [0.25, 0.3) is 11.3 Å². The second-order valence-corrected chi connectivity index (χ2v) is 9.77. The number of anilines is 2. The molecule has 34 heavy (non-hydrogen) atoms. The minimum Gasteiger partial charge on any atom is -0.369 e. The van der Waals surface area contributed by atoms with Crippen molar-refractivity contribution in [3.05, 3.63) is 64.3 Å². The number of halogens is 1. The van der Waals surface area contributed by atoms with E-state index in [1.807, 2.05) is 7.05 Å². The first-order chi connectivity index (χ1) is 16.6. The fourth-order valence-corrected chi connectivity index (χ4v) is 5.83. The van der Waals surface area contributed by atoms with Crippen LogP contribution in [0.3, 0.4) is 0 Å². The van der Waals surface area contributed by atoms with Gasteiger partial charge in [0.25, 0.3) is 0 Å². The number of aldehydes is 1. The largest absolute Gasteiger partial charge is 0.369 e. The van der Waals surface area contributed by atoms with Gasteiger partial charge in [-0.15, -0.1) is 0 Å². The van der Waals surface area contributed by atoms with Crippen molar-refractivity contribution in [3.8, 4) is 17.3 Å². The minimum atomic E-state index is -0.307. The molecule has 2 aromatic carbocycles. The number of aryl methyl sites for hydroxylation is 1. The normalized spacial score (nSPS) is 17.9. The number of thiazole rings is 1. The fourth-order valence-electron chi connectivity index (χ4n) is 4.93. The molecule has 3 aromatic rings. The Bertz CT molecular complexity index is 1230. The lowest BCUT2D eigenvalue weighted by atomic mass is 10.1. The van der Waals surface area contributed by atoms with E-state index in [4.69, 9.17) is 4.98 Å². The van der Waals surface area contributed by atoms with Gasteiger partial charge in [0, 0.05) is 44.5 Å². The van der Waals surface area contributed by atoms with Crippen LogP contribution in [0.2, 0.25) is 0 Å². The molecule has 5 rings (SSSR count). The number of rotatable bonds is 6. The van der Waals surface area contributed by atoms with Crippen LogP contribution in [0, 0.1) is 17.1 Å². The number of piperazine rings is 1. The quantitative estimate of drug-likeness (QED) is 0.497. The van der Waals surface area contributed by atoms with Crippen molar-refractivity contribution in [2.45, 2.75) is 18.9 Å². The molecule has 0 spiro atoms. The highest BCUT2D eigenvalue weighted by atomic mass is 32.1. The van der Waals surface area contributed by atoms with E-state index in [9.17, 15) is 14.4 Å². The maximum atomic E-state index is 13.4. The van der Waals surface area contributed by atoms with Crippen molar-refractivity contribution in [2.75, 3.05) is 49.6 Å². The second-order valence-electron chi connectivity index (χ2n) is 8.80. The summed E-state index contributed by atoms with van der Waals surface area (Å²) in [5.41, 5.74) is 5.24. The number of carbonyl (C=O) groups is 1. The molecule has 1 atom stereocenters. The van der Waals surface area contributed by atoms with Crippen LogP contribution in [0.1, 0.15) is 28.5 Å². The fraction of sp³-hybridized carbons (Fsp3) is 0.346. The SMILES string of the molecule is CN(c1nc(-c2ccc(F)cc2)c(C#N)s1)C1CCc2ccc(N3CCN(CC=O)CC3)cc21. The highest BCUT2D eigenvalue weighted by Crippen LogP contribution is 2.42. The van der Waals surface area contributed by atoms with Crippen LogP contribution in [0.15, 0.2) is 42.5 Å². The molecule has 0 saturated carbocycles. The van der Waals surface area contributed by atoms with Crippen molar-refractivity contribution in [2.24, 2.45) is 0 Å². The molecule has 1 aliphatic carbocycles. The van der Waals surface area contributed by atoms with Gasteiger partial charge in [-0.3, -0.25) is 4.90 Å². The van der Waals surface area contributed by atoms with E-state index < -0.39 is 0 Å².